The van der Waals surface area contributed by atoms with Crippen LogP contribution < -0.4 is 21.3 Å². The smallest absolute Gasteiger partial charge is 0.248 e. The van der Waals surface area contributed by atoms with Gasteiger partial charge in [0, 0.05) is 75.4 Å². The first-order valence-electron chi connectivity index (χ1n) is 40.9. The third-order valence-electron chi connectivity index (χ3n) is 23.2. The van der Waals surface area contributed by atoms with Crippen molar-refractivity contribution in [2.75, 3.05) is 75.6 Å². The fourth-order valence-corrected chi connectivity index (χ4v) is 16.3. The highest BCUT2D eigenvalue weighted by Crippen LogP contribution is 2.34. The Bertz CT molecular complexity index is 2930. The van der Waals surface area contributed by atoms with Crippen molar-refractivity contribution in [3.63, 3.8) is 0 Å². The predicted octanol–water partition coefficient (Wildman–Crippen LogP) is 7.44. The summed E-state index contributed by atoms with van der Waals surface area (Å²) in [6.07, 6.45) is 14.9. The molecule has 26 heteroatoms. The van der Waals surface area contributed by atoms with E-state index in [1.807, 2.05) is 41.5 Å². The lowest BCUT2D eigenvalue weighted by atomic mass is 9.83. The first-order chi connectivity index (χ1) is 50.2. The summed E-state index contributed by atoms with van der Waals surface area (Å²) >= 11 is 0. The van der Waals surface area contributed by atoms with Crippen LogP contribution in [0, 0.1) is 41.4 Å². The molecule has 5 fully saturated rings. The SMILES string of the molecule is CC(C)C[C@H]1C(=O)N[C@@H](C(C)C)C(=O)N(C)[C@@H](CC2CCCCC2)C(=O)N(C)[C@@H](CC2CCCCC2)C(=O)N[C@@H](COC(C)(C)C)C(=O)N(C)[C@@H](CC(C)C)C(=O)N[C@@H]([C@@H](C)O)C(=O)N(C)[C@@H](CC2CCCCC2)C(=O)N(C)[C@@H](CC(C)C)C(=O)N[C@H](C(=O)N2CCCCC2)CC(=O)N(C)CCCC(=O)N1C. The molecule has 0 radical (unpaired) electrons. The van der Waals surface area contributed by atoms with Gasteiger partial charge in [0.05, 0.1) is 24.7 Å². The normalized spacial score (nSPS) is 27.8. The van der Waals surface area contributed by atoms with Gasteiger partial charge in [-0.2, -0.15) is 0 Å². The Labute approximate surface area is 641 Å². The van der Waals surface area contributed by atoms with E-state index in [9.17, 15) is 24.3 Å². The third kappa shape index (κ3) is 27.5. The molecule has 5 N–H and O–H groups in total. The van der Waals surface area contributed by atoms with Gasteiger partial charge in [0.25, 0.3) is 0 Å². The minimum absolute atomic E-state index is 0.0161. The van der Waals surface area contributed by atoms with Crippen LogP contribution in [-0.2, 0) is 62.3 Å². The number of nitrogens with one attached hydrogen (secondary N) is 4. The Morgan fingerprint density at radius 3 is 1.21 bits per heavy atom. The number of hydrogen-bond acceptors (Lipinski definition) is 14. The van der Waals surface area contributed by atoms with E-state index in [-0.39, 0.29) is 100 Å². The van der Waals surface area contributed by atoms with Crippen molar-refractivity contribution < 1.29 is 67.4 Å². The van der Waals surface area contributed by atoms with Gasteiger partial charge in [0.15, 0.2) is 0 Å². The van der Waals surface area contributed by atoms with Crippen LogP contribution in [0.5, 0.6) is 0 Å². The zero-order chi connectivity index (χ0) is 79.9. The highest BCUT2D eigenvalue weighted by molar-refractivity contribution is 6.00. The lowest BCUT2D eigenvalue weighted by Crippen LogP contribution is -2.63. The number of aliphatic hydroxyl groups excluding tert-OH is 1. The molecule has 12 amide bonds. The minimum atomic E-state index is -1.66. The molecule has 0 aromatic heterocycles. The van der Waals surface area contributed by atoms with Gasteiger partial charge in [-0.25, -0.2) is 0 Å². The number of carbonyl (C=O) groups is 12. The van der Waals surface area contributed by atoms with Gasteiger partial charge in [-0.3, -0.25) is 57.5 Å². The third-order valence-corrected chi connectivity index (χ3v) is 23.2. The quantitative estimate of drug-likeness (QED) is 0.0945. The van der Waals surface area contributed by atoms with Crippen LogP contribution in [0.4, 0.5) is 0 Å². The number of likely N-dealkylation sites (N-methyl/N-ethyl adjacent to an activating group) is 6. The fourth-order valence-electron chi connectivity index (χ4n) is 16.3. The molecule has 0 unspecified atom stereocenters. The zero-order valence-corrected chi connectivity index (χ0v) is 69.1. The van der Waals surface area contributed by atoms with Crippen molar-refractivity contribution >= 4 is 70.9 Å². The number of nitrogens with zero attached hydrogens (tertiary/aromatic N) is 8. The number of carbonyl (C=O) groups excluding carboxylic acids is 12. The van der Waals surface area contributed by atoms with Crippen LogP contribution in [0.3, 0.4) is 0 Å². The summed E-state index contributed by atoms with van der Waals surface area (Å²) in [5.74, 6) is -8.13. The fraction of sp³-hybridized carbons (Fsp3) is 0.852. The maximum Gasteiger partial charge on any atom is 0.248 e. The summed E-state index contributed by atoms with van der Waals surface area (Å²) in [7, 11) is 10.6. The van der Waals surface area contributed by atoms with E-state index < -0.39 is 155 Å². The van der Waals surface area contributed by atoms with E-state index in [0.717, 1.165) is 116 Å². The van der Waals surface area contributed by atoms with Gasteiger partial charge in [0.1, 0.15) is 60.4 Å². The van der Waals surface area contributed by atoms with Crippen LogP contribution in [0.25, 0.3) is 0 Å². The van der Waals surface area contributed by atoms with E-state index in [1.165, 1.54) is 62.4 Å². The molecule has 0 aromatic carbocycles. The monoisotopic (exact) mass is 1510 g/mol. The average Bonchev–Trinajstić information content (AvgIpc) is 0.811. The molecular formula is C81H142N12O14. The Morgan fingerprint density at radius 1 is 0.421 bits per heavy atom. The van der Waals surface area contributed by atoms with Crippen LogP contribution in [0.15, 0.2) is 0 Å². The Hall–Kier alpha value is -6.44. The molecule has 3 saturated carbocycles. The molecule has 2 heterocycles. The second-order valence-electron chi connectivity index (χ2n) is 35.0. The molecular weight excluding hydrogens is 1360 g/mol. The van der Waals surface area contributed by atoms with E-state index >= 15 is 38.4 Å². The van der Waals surface area contributed by atoms with Crippen molar-refractivity contribution in [1.82, 2.24) is 60.5 Å². The standard InChI is InChI=1S/C81H142N12O14/c1-51(2)43-61-73(99)84-69(54(7)8)79(105)91(18)65(47-57-35-26-21-27-36-57)78(104)90(17)64(46-56-33-24-20-25-34-56)72(98)83-60(50-107-81(10,11)12)75(101)88(15)63(45-53(5)6)74(100)85-70(55(9)94)80(106)92(19)66(48-58-37-28-22-29-38-58)77(103)89(16)62(44-52(3)4)71(97)82-59(76(102)93-41-30-23-31-42-93)49-68(96)86(13)40-32-39-67(95)87(61)14/h51-66,69-70,94H,20-50H2,1-19H3,(H,82,97)(H,83,98)(H,84,99)(H,85,100)/t55-,59+,60+,61+,62+,63+,64+,65+,66+,69+,70+/m1/s1. The molecule has 107 heavy (non-hydrogen) atoms. The number of likely N-dealkylation sites (tertiary alicyclic amines) is 1. The highest BCUT2D eigenvalue weighted by atomic mass is 16.5. The summed E-state index contributed by atoms with van der Waals surface area (Å²) in [6.45, 7) is 22.3. The topological polar surface area (TPSA) is 308 Å². The molecule has 0 bridgehead atoms. The second-order valence-corrected chi connectivity index (χ2v) is 35.0. The predicted molar refractivity (Wildman–Crippen MR) is 413 cm³/mol. The molecule has 610 valence electrons. The van der Waals surface area contributed by atoms with E-state index in [0.29, 0.717) is 13.1 Å². The summed E-state index contributed by atoms with van der Waals surface area (Å²) in [4.78, 5) is 193. The number of ether oxygens (including phenoxy) is 1. The highest BCUT2D eigenvalue weighted by Gasteiger charge is 2.46. The van der Waals surface area contributed by atoms with Gasteiger partial charge in [-0.1, -0.05) is 152 Å². The van der Waals surface area contributed by atoms with E-state index in [2.05, 4.69) is 21.3 Å². The van der Waals surface area contributed by atoms with E-state index in [4.69, 9.17) is 4.74 Å². The van der Waals surface area contributed by atoms with Crippen molar-refractivity contribution in [2.45, 2.75) is 329 Å². The number of hydrogen-bond donors (Lipinski definition) is 5. The number of aliphatic hydroxyl groups is 1. The molecule has 26 nitrogen and oxygen atoms in total. The van der Waals surface area contributed by atoms with Gasteiger partial charge < -0.3 is 70.3 Å². The second kappa shape index (κ2) is 43.2. The van der Waals surface area contributed by atoms with Crippen LogP contribution in [0.2, 0.25) is 0 Å². The molecule has 5 rings (SSSR count). The number of piperidine rings is 1. The first-order valence-corrected chi connectivity index (χ1v) is 40.9. The summed E-state index contributed by atoms with van der Waals surface area (Å²) in [6, 6.07) is -12.6. The summed E-state index contributed by atoms with van der Waals surface area (Å²) < 4.78 is 6.32. The maximum atomic E-state index is 15.9. The number of amides is 12. The summed E-state index contributed by atoms with van der Waals surface area (Å²) in [5, 5.41) is 23.4. The molecule has 2 aliphatic heterocycles. The number of rotatable bonds is 17. The van der Waals surface area contributed by atoms with Crippen LogP contribution >= 0.6 is 0 Å². The molecule has 3 aliphatic carbocycles. The molecule has 5 aliphatic rings. The van der Waals surface area contributed by atoms with Gasteiger partial charge in [-0.05, 0) is 133 Å². The Balaban J connectivity index is 1.68. The van der Waals surface area contributed by atoms with Crippen molar-refractivity contribution in [1.29, 1.82) is 0 Å². The van der Waals surface area contributed by atoms with Crippen molar-refractivity contribution in [3.8, 4) is 0 Å². The van der Waals surface area contributed by atoms with Gasteiger partial charge in [0.2, 0.25) is 70.9 Å². The molecule has 2 saturated heterocycles. The Kier molecular flexibility index (Phi) is 36.8. The molecule has 11 atom stereocenters. The van der Waals surface area contributed by atoms with Gasteiger partial charge >= 0.3 is 0 Å². The van der Waals surface area contributed by atoms with Crippen molar-refractivity contribution in [3.05, 3.63) is 0 Å². The molecule has 0 aromatic rings. The van der Waals surface area contributed by atoms with Crippen LogP contribution in [0.1, 0.15) is 256 Å². The molecule has 0 spiro atoms. The minimum Gasteiger partial charge on any atom is -0.391 e. The van der Waals surface area contributed by atoms with Crippen LogP contribution in [-0.4, -0.2) is 263 Å². The summed E-state index contributed by atoms with van der Waals surface area (Å²) in [5.41, 5.74) is -0.838. The first kappa shape index (κ1) is 91.2. The van der Waals surface area contributed by atoms with Crippen molar-refractivity contribution in [2.24, 2.45) is 41.4 Å². The maximum absolute atomic E-state index is 15.9. The van der Waals surface area contributed by atoms with Gasteiger partial charge in [-0.15, -0.1) is 0 Å². The average molecular weight is 1510 g/mol. The lowest BCUT2D eigenvalue weighted by Gasteiger charge is -2.40. The largest absolute Gasteiger partial charge is 0.391 e. The lowest BCUT2D eigenvalue weighted by molar-refractivity contribution is -0.152. The zero-order valence-electron chi connectivity index (χ0n) is 69.1. The van der Waals surface area contributed by atoms with E-state index in [1.54, 1.807) is 67.7 Å². The Morgan fingerprint density at radius 2 is 0.785 bits per heavy atom.